The Morgan fingerprint density at radius 1 is 1.28 bits per heavy atom. The lowest BCUT2D eigenvalue weighted by molar-refractivity contribution is 0.607. The first-order valence-corrected chi connectivity index (χ1v) is 6.73. The fourth-order valence-corrected chi connectivity index (χ4v) is 2.21. The fraction of sp³-hybridized carbons (Fsp3) is 0.600. The summed E-state index contributed by atoms with van der Waals surface area (Å²) in [6.07, 6.45) is 0.710. The Balaban J connectivity index is 3.04. The highest BCUT2D eigenvalue weighted by Crippen LogP contribution is 2.23. The van der Waals surface area contributed by atoms with Crippen molar-refractivity contribution in [3.05, 3.63) is 29.6 Å². The van der Waals surface area contributed by atoms with E-state index in [1.165, 1.54) is 6.07 Å². The molecule has 3 heteroatoms. The van der Waals surface area contributed by atoms with Gasteiger partial charge in [0.05, 0.1) is 0 Å². The molecular weight excluding hydrogens is 227 g/mol. The average molecular weight is 252 g/mol. The molecule has 0 heterocycles. The average Bonchev–Trinajstić information content (AvgIpc) is 2.25. The van der Waals surface area contributed by atoms with Crippen molar-refractivity contribution in [1.29, 1.82) is 0 Å². The maximum absolute atomic E-state index is 13.4. The first kappa shape index (κ1) is 15.0. The van der Waals surface area contributed by atoms with Crippen LogP contribution in [0.25, 0.3) is 0 Å². The molecule has 0 saturated carbocycles. The van der Waals surface area contributed by atoms with Crippen molar-refractivity contribution in [2.45, 2.75) is 40.2 Å². The lowest BCUT2D eigenvalue weighted by Crippen LogP contribution is -2.29. The van der Waals surface area contributed by atoms with Gasteiger partial charge in [0, 0.05) is 24.8 Å². The molecular formula is C15H25FN2. The molecule has 0 aliphatic heterocycles. The van der Waals surface area contributed by atoms with E-state index in [-0.39, 0.29) is 11.9 Å². The second-order valence-electron chi connectivity index (χ2n) is 5.39. The Bertz CT molecular complexity index is 375. The van der Waals surface area contributed by atoms with Gasteiger partial charge in [-0.05, 0) is 49.9 Å². The third-order valence-corrected chi connectivity index (χ3v) is 2.89. The largest absolute Gasteiger partial charge is 0.371 e. The summed E-state index contributed by atoms with van der Waals surface area (Å²) in [5.74, 6) is 0.396. The summed E-state index contributed by atoms with van der Waals surface area (Å²) >= 11 is 0. The molecule has 0 aliphatic rings. The normalized spacial score (nSPS) is 12.8. The van der Waals surface area contributed by atoms with Crippen LogP contribution in [0.4, 0.5) is 10.1 Å². The van der Waals surface area contributed by atoms with Crippen molar-refractivity contribution < 1.29 is 4.39 Å². The second-order valence-corrected chi connectivity index (χ2v) is 5.39. The van der Waals surface area contributed by atoms with Crippen molar-refractivity contribution in [1.82, 2.24) is 0 Å². The molecule has 0 radical (unpaired) electrons. The first-order valence-electron chi connectivity index (χ1n) is 6.73. The molecule has 0 aliphatic carbocycles. The quantitative estimate of drug-likeness (QED) is 0.842. The molecule has 1 aromatic carbocycles. The third kappa shape index (κ3) is 4.30. The zero-order valence-corrected chi connectivity index (χ0v) is 11.9. The number of benzene rings is 1. The van der Waals surface area contributed by atoms with Crippen LogP contribution in [0, 0.1) is 11.7 Å². The van der Waals surface area contributed by atoms with Gasteiger partial charge < -0.3 is 10.6 Å². The summed E-state index contributed by atoms with van der Waals surface area (Å²) in [6.45, 7) is 10.4. The van der Waals surface area contributed by atoms with Crippen molar-refractivity contribution >= 4 is 5.69 Å². The van der Waals surface area contributed by atoms with Crippen LogP contribution in [0.15, 0.2) is 18.2 Å². The van der Waals surface area contributed by atoms with Gasteiger partial charge in [0.15, 0.2) is 0 Å². The number of hydrogen-bond acceptors (Lipinski definition) is 2. The van der Waals surface area contributed by atoms with Crippen LogP contribution >= 0.6 is 0 Å². The number of hydrogen-bond donors (Lipinski definition) is 1. The van der Waals surface area contributed by atoms with Gasteiger partial charge in [0.2, 0.25) is 0 Å². The maximum Gasteiger partial charge on any atom is 0.123 e. The first-order chi connectivity index (χ1) is 8.43. The fourth-order valence-electron chi connectivity index (χ4n) is 2.21. The van der Waals surface area contributed by atoms with Crippen LogP contribution < -0.4 is 10.6 Å². The number of nitrogens with two attached hydrogens (primary N) is 1. The van der Waals surface area contributed by atoms with Gasteiger partial charge in [-0.3, -0.25) is 0 Å². The van der Waals surface area contributed by atoms with E-state index < -0.39 is 0 Å². The van der Waals surface area contributed by atoms with E-state index in [1.54, 1.807) is 6.07 Å². The van der Waals surface area contributed by atoms with E-state index in [0.717, 1.165) is 24.3 Å². The molecule has 2 N–H and O–H groups in total. The number of rotatable bonds is 6. The predicted octanol–water partition coefficient (Wildman–Crippen LogP) is 3.20. The summed E-state index contributed by atoms with van der Waals surface area (Å²) in [6, 6.07) is 5.06. The molecule has 2 nitrogen and oxygen atoms in total. The number of nitrogens with zero attached hydrogens (tertiary/aromatic N) is 1. The number of anilines is 1. The van der Waals surface area contributed by atoms with E-state index in [1.807, 2.05) is 13.0 Å². The summed E-state index contributed by atoms with van der Waals surface area (Å²) in [4.78, 5) is 2.29. The lowest BCUT2D eigenvalue weighted by Gasteiger charge is -2.28. The van der Waals surface area contributed by atoms with Gasteiger partial charge in [-0.2, -0.15) is 0 Å². The minimum atomic E-state index is -0.185. The van der Waals surface area contributed by atoms with Crippen LogP contribution in [0.1, 0.15) is 33.3 Å². The Hall–Kier alpha value is -1.09. The molecule has 1 rings (SSSR count). The maximum atomic E-state index is 13.4. The molecule has 0 fully saturated rings. The molecule has 18 heavy (non-hydrogen) atoms. The van der Waals surface area contributed by atoms with Crippen molar-refractivity contribution in [3.63, 3.8) is 0 Å². The van der Waals surface area contributed by atoms with Gasteiger partial charge in [-0.1, -0.05) is 13.8 Å². The molecule has 102 valence electrons. The van der Waals surface area contributed by atoms with Crippen molar-refractivity contribution in [3.8, 4) is 0 Å². The monoisotopic (exact) mass is 252 g/mol. The standard InChI is InChI=1S/C15H25FN2/c1-5-18(10-11(2)3)15-7-6-14(16)9-13(15)8-12(4)17/h6-7,9,11-12H,5,8,10,17H2,1-4H3. The van der Waals surface area contributed by atoms with E-state index in [2.05, 4.69) is 25.7 Å². The van der Waals surface area contributed by atoms with E-state index in [9.17, 15) is 4.39 Å². The van der Waals surface area contributed by atoms with Crippen LogP contribution in [-0.2, 0) is 6.42 Å². The highest BCUT2D eigenvalue weighted by atomic mass is 19.1. The highest BCUT2D eigenvalue weighted by Gasteiger charge is 2.13. The third-order valence-electron chi connectivity index (χ3n) is 2.89. The smallest absolute Gasteiger partial charge is 0.123 e. The van der Waals surface area contributed by atoms with Crippen LogP contribution in [0.2, 0.25) is 0 Å². The predicted molar refractivity (Wildman–Crippen MR) is 76.5 cm³/mol. The molecule has 1 aromatic rings. The number of halogens is 1. The Morgan fingerprint density at radius 2 is 1.94 bits per heavy atom. The van der Waals surface area contributed by atoms with E-state index >= 15 is 0 Å². The summed E-state index contributed by atoms with van der Waals surface area (Å²) in [5.41, 5.74) is 7.97. The molecule has 0 amide bonds. The summed E-state index contributed by atoms with van der Waals surface area (Å²) in [5, 5.41) is 0. The Morgan fingerprint density at radius 3 is 2.44 bits per heavy atom. The molecule has 0 aromatic heterocycles. The van der Waals surface area contributed by atoms with Crippen molar-refractivity contribution in [2.75, 3.05) is 18.0 Å². The molecule has 0 saturated heterocycles. The van der Waals surface area contributed by atoms with Crippen LogP contribution in [0.3, 0.4) is 0 Å². The molecule has 1 unspecified atom stereocenters. The topological polar surface area (TPSA) is 29.3 Å². The zero-order chi connectivity index (χ0) is 13.7. The van der Waals surface area contributed by atoms with Crippen LogP contribution in [0.5, 0.6) is 0 Å². The van der Waals surface area contributed by atoms with Gasteiger partial charge in [0.1, 0.15) is 5.82 Å². The highest BCUT2D eigenvalue weighted by molar-refractivity contribution is 5.54. The van der Waals surface area contributed by atoms with Crippen LogP contribution in [-0.4, -0.2) is 19.1 Å². The summed E-state index contributed by atoms with van der Waals surface area (Å²) < 4.78 is 13.4. The second kappa shape index (κ2) is 6.74. The van der Waals surface area contributed by atoms with E-state index in [4.69, 9.17) is 5.73 Å². The van der Waals surface area contributed by atoms with Gasteiger partial charge in [0.25, 0.3) is 0 Å². The summed E-state index contributed by atoms with van der Waals surface area (Å²) in [7, 11) is 0. The van der Waals surface area contributed by atoms with Gasteiger partial charge in [-0.25, -0.2) is 4.39 Å². The lowest BCUT2D eigenvalue weighted by atomic mass is 10.0. The minimum Gasteiger partial charge on any atom is -0.371 e. The minimum absolute atomic E-state index is 0.0447. The van der Waals surface area contributed by atoms with Crippen molar-refractivity contribution in [2.24, 2.45) is 11.7 Å². The zero-order valence-electron chi connectivity index (χ0n) is 11.9. The SMILES string of the molecule is CCN(CC(C)C)c1ccc(F)cc1CC(C)N. The Labute approximate surface area is 110 Å². The molecule has 0 spiro atoms. The van der Waals surface area contributed by atoms with Gasteiger partial charge in [-0.15, -0.1) is 0 Å². The molecule has 1 atom stereocenters. The van der Waals surface area contributed by atoms with Gasteiger partial charge >= 0.3 is 0 Å². The van der Waals surface area contributed by atoms with E-state index in [0.29, 0.717) is 12.3 Å². The molecule has 0 bridgehead atoms. The Kier molecular flexibility index (Phi) is 5.60.